The molecule has 0 aliphatic heterocycles. The minimum Gasteiger partial charge on any atom is -0.508 e. The second-order valence-electron chi connectivity index (χ2n) is 4.78. The van der Waals surface area contributed by atoms with Crippen LogP contribution in [-0.2, 0) is 6.42 Å². The fourth-order valence-electron chi connectivity index (χ4n) is 2.34. The highest BCUT2D eigenvalue weighted by molar-refractivity contribution is 5.87. The lowest BCUT2D eigenvalue weighted by Crippen LogP contribution is -1.95. The third kappa shape index (κ3) is 2.29. The highest BCUT2D eigenvalue weighted by Crippen LogP contribution is 2.22. The van der Waals surface area contributed by atoms with Gasteiger partial charge in [-0.05, 0) is 35.6 Å². The van der Waals surface area contributed by atoms with E-state index in [9.17, 15) is 5.11 Å². The van der Waals surface area contributed by atoms with E-state index in [0.29, 0.717) is 5.75 Å². The summed E-state index contributed by atoms with van der Waals surface area (Å²) in [5.41, 5.74) is 3.43. The summed E-state index contributed by atoms with van der Waals surface area (Å²) in [7, 11) is 0. The van der Waals surface area contributed by atoms with Crippen LogP contribution >= 0.6 is 0 Å². The van der Waals surface area contributed by atoms with Gasteiger partial charge in [0.15, 0.2) is 0 Å². The molecule has 2 heteroatoms. The molecular weight excluding hydrogens is 234 g/mol. The minimum absolute atomic E-state index is 0.297. The van der Waals surface area contributed by atoms with Crippen LogP contribution in [0.1, 0.15) is 16.8 Å². The second kappa shape index (κ2) is 4.73. The van der Waals surface area contributed by atoms with Gasteiger partial charge in [0.05, 0.1) is 5.69 Å². The van der Waals surface area contributed by atoms with E-state index < -0.39 is 0 Å². The number of phenolic OH excluding ortho intramolecular Hbond substituents is 1. The van der Waals surface area contributed by atoms with E-state index in [1.807, 2.05) is 24.4 Å². The lowest BCUT2D eigenvalue weighted by atomic mass is 10.0. The van der Waals surface area contributed by atoms with Gasteiger partial charge in [0, 0.05) is 18.0 Å². The third-order valence-corrected chi connectivity index (χ3v) is 3.38. The predicted octanol–water partition coefficient (Wildman–Crippen LogP) is 3.84. The Labute approximate surface area is 112 Å². The zero-order chi connectivity index (χ0) is 13.2. The van der Waals surface area contributed by atoms with Gasteiger partial charge in [0.25, 0.3) is 0 Å². The van der Waals surface area contributed by atoms with Crippen molar-refractivity contribution in [1.82, 2.24) is 4.98 Å². The van der Waals surface area contributed by atoms with Gasteiger partial charge in [0.1, 0.15) is 5.75 Å². The van der Waals surface area contributed by atoms with Gasteiger partial charge in [-0.1, -0.05) is 36.4 Å². The number of aromatic hydroxyl groups is 1. The molecule has 1 heterocycles. The van der Waals surface area contributed by atoms with Crippen LogP contribution in [0.25, 0.3) is 10.8 Å². The highest BCUT2D eigenvalue weighted by Gasteiger charge is 2.05. The summed E-state index contributed by atoms with van der Waals surface area (Å²) in [6, 6.07) is 15.6. The van der Waals surface area contributed by atoms with Crippen LogP contribution in [0.3, 0.4) is 0 Å². The van der Waals surface area contributed by atoms with Crippen LogP contribution < -0.4 is 0 Å². The Hall–Kier alpha value is -2.35. The molecule has 2 nitrogen and oxygen atoms in total. The lowest BCUT2D eigenvalue weighted by molar-refractivity contribution is 0.475. The fraction of sp³-hybridized carbons (Fsp3) is 0.118. The molecule has 1 aromatic heterocycles. The summed E-state index contributed by atoms with van der Waals surface area (Å²) in [6.45, 7) is 2.08. The molecule has 0 amide bonds. The van der Waals surface area contributed by atoms with Crippen molar-refractivity contribution in [3.05, 3.63) is 71.5 Å². The van der Waals surface area contributed by atoms with E-state index in [2.05, 4.69) is 30.1 Å². The lowest BCUT2D eigenvalue weighted by Gasteiger charge is -2.08. The molecule has 19 heavy (non-hydrogen) atoms. The first-order valence-electron chi connectivity index (χ1n) is 6.35. The predicted molar refractivity (Wildman–Crippen MR) is 77.4 cm³/mol. The number of benzene rings is 2. The van der Waals surface area contributed by atoms with Crippen molar-refractivity contribution >= 4 is 10.8 Å². The number of aromatic nitrogens is 1. The standard InChI is InChI=1S/C17H15NO/c1-12-11-18-17(16-5-3-2-4-15(12)16)10-13-6-8-14(19)9-7-13/h2-9,11,19H,10H2,1H3. The molecule has 0 atom stereocenters. The van der Waals surface area contributed by atoms with Gasteiger partial charge < -0.3 is 5.11 Å². The summed E-state index contributed by atoms with van der Waals surface area (Å²) in [5, 5.41) is 11.8. The Bertz CT molecular complexity index is 717. The molecule has 0 radical (unpaired) electrons. The molecule has 3 aromatic rings. The van der Waals surface area contributed by atoms with Gasteiger partial charge in [-0.15, -0.1) is 0 Å². The molecule has 0 bridgehead atoms. The molecule has 2 aromatic carbocycles. The first-order chi connectivity index (χ1) is 9.24. The zero-order valence-corrected chi connectivity index (χ0v) is 10.8. The molecule has 1 N–H and O–H groups in total. The molecule has 3 rings (SSSR count). The normalized spacial score (nSPS) is 10.8. The average molecular weight is 249 g/mol. The van der Waals surface area contributed by atoms with Crippen molar-refractivity contribution in [2.75, 3.05) is 0 Å². The van der Waals surface area contributed by atoms with Crippen LogP contribution in [0.5, 0.6) is 5.75 Å². The van der Waals surface area contributed by atoms with Crippen LogP contribution in [0.4, 0.5) is 0 Å². The van der Waals surface area contributed by atoms with Crippen LogP contribution in [-0.4, -0.2) is 10.1 Å². The first kappa shape index (κ1) is 11.7. The van der Waals surface area contributed by atoms with Crippen molar-refractivity contribution in [3.63, 3.8) is 0 Å². The molecule has 0 fully saturated rings. The highest BCUT2D eigenvalue weighted by atomic mass is 16.3. The number of aryl methyl sites for hydroxylation is 1. The maximum atomic E-state index is 9.32. The summed E-state index contributed by atoms with van der Waals surface area (Å²) < 4.78 is 0. The number of hydrogen-bond donors (Lipinski definition) is 1. The SMILES string of the molecule is Cc1cnc(Cc2ccc(O)cc2)c2ccccc12. The smallest absolute Gasteiger partial charge is 0.115 e. The summed E-state index contributed by atoms with van der Waals surface area (Å²) >= 11 is 0. The summed E-state index contributed by atoms with van der Waals surface area (Å²) in [6.07, 6.45) is 2.71. The molecule has 0 unspecified atom stereocenters. The van der Waals surface area contributed by atoms with E-state index in [0.717, 1.165) is 17.7 Å². The van der Waals surface area contributed by atoms with E-state index in [4.69, 9.17) is 0 Å². The van der Waals surface area contributed by atoms with Crippen LogP contribution in [0.2, 0.25) is 0 Å². The Balaban J connectivity index is 2.06. The number of rotatable bonds is 2. The Morgan fingerprint density at radius 3 is 2.37 bits per heavy atom. The third-order valence-electron chi connectivity index (χ3n) is 3.38. The van der Waals surface area contributed by atoms with E-state index in [1.54, 1.807) is 12.1 Å². The van der Waals surface area contributed by atoms with Crippen molar-refractivity contribution in [2.24, 2.45) is 0 Å². The topological polar surface area (TPSA) is 33.1 Å². The number of pyridine rings is 1. The monoisotopic (exact) mass is 249 g/mol. The molecule has 0 spiro atoms. The summed E-state index contributed by atoms with van der Waals surface area (Å²) in [4.78, 5) is 4.56. The maximum absolute atomic E-state index is 9.32. The maximum Gasteiger partial charge on any atom is 0.115 e. The van der Waals surface area contributed by atoms with Crippen LogP contribution in [0, 0.1) is 6.92 Å². The van der Waals surface area contributed by atoms with Crippen molar-refractivity contribution < 1.29 is 5.11 Å². The van der Waals surface area contributed by atoms with E-state index in [1.165, 1.54) is 16.3 Å². The van der Waals surface area contributed by atoms with Gasteiger partial charge in [-0.25, -0.2) is 0 Å². The van der Waals surface area contributed by atoms with Crippen molar-refractivity contribution in [1.29, 1.82) is 0 Å². The Morgan fingerprint density at radius 1 is 0.947 bits per heavy atom. The number of nitrogens with zero attached hydrogens (tertiary/aromatic N) is 1. The average Bonchev–Trinajstić information content (AvgIpc) is 2.45. The largest absolute Gasteiger partial charge is 0.508 e. The molecule has 0 aliphatic rings. The molecule has 0 saturated heterocycles. The second-order valence-corrected chi connectivity index (χ2v) is 4.78. The zero-order valence-electron chi connectivity index (χ0n) is 10.8. The van der Waals surface area contributed by atoms with Gasteiger partial charge in [0.2, 0.25) is 0 Å². The molecule has 0 aliphatic carbocycles. The molecular formula is C17H15NO. The number of hydrogen-bond acceptors (Lipinski definition) is 2. The van der Waals surface area contributed by atoms with Crippen molar-refractivity contribution in [3.8, 4) is 5.75 Å². The first-order valence-corrected chi connectivity index (χ1v) is 6.35. The molecule has 94 valence electrons. The summed E-state index contributed by atoms with van der Waals surface area (Å²) in [5.74, 6) is 0.297. The minimum atomic E-state index is 0.297. The quantitative estimate of drug-likeness (QED) is 0.748. The number of phenols is 1. The Morgan fingerprint density at radius 2 is 1.63 bits per heavy atom. The Kier molecular flexibility index (Phi) is 2.92. The van der Waals surface area contributed by atoms with E-state index in [-0.39, 0.29) is 0 Å². The number of fused-ring (bicyclic) bond motifs is 1. The van der Waals surface area contributed by atoms with Gasteiger partial charge in [-0.3, -0.25) is 4.98 Å². The molecule has 0 saturated carbocycles. The van der Waals surface area contributed by atoms with Crippen LogP contribution in [0.15, 0.2) is 54.7 Å². The van der Waals surface area contributed by atoms with Gasteiger partial charge >= 0.3 is 0 Å². The fourth-order valence-corrected chi connectivity index (χ4v) is 2.34. The van der Waals surface area contributed by atoms with Gasteiger partial charge in [-0.2, -0.15) is 0 Å². The van der Waals surface area contributed by atoms with E-state index >= 15 is 0 Å². The van der Waals surface area contributed by atoms with Crippen molar-refractivity contribution in [2.45, 2.75) is 13.3 Å².